The summed E-state index contributed by atoms with van der Waals surface area (Å²) in [6.07, 6.45) is 2.71. The van der Waals surface area contributed by atoms with Crippen molar-refractivity contribution in [1.29, 1.82) is 5.26 Å². The van der Waals surface area contributed by atoms with Crippen molar-refractivity contribution < 1.29 is 0 Å². The first kappa shape index (κ1) is 15.2. The van der Waals surface area contributed by atoms with Gasteiger partial charge in [-0.25, -0.2) is 0 Å². The minimum Gasteiger partial charge on any atom is -0.333 e. The fourth-order valence-electron chi connectivity index (χ4n) is 1.58. The Morgan fingerprint density at radius 3 is 2.31 bits per heavy atom. The Bertz CT molecular complexity index is 314. The van der Waals surface area contributed by atoms with Crippen LogP contribution in [0.2, 0.25) is 0 Å². The van der Waals surface area contributed by atoms with Crippen molar-refractivity contribution in [1.82, 2.24) is 0 Å². The van der Waals surface area contributed by atoms with E-state index < -0.39 is 0 Å². The predicted molar refractivity (Wildman–Crippen MR) is 72.1 cm³/mol. The van der Waals surface area contributed by atoms with Gasteiger partial charge in [0.25, 0.3) is 0 Å². The minimum atomic E-state index is 0.530. The molecule has 1 unspecified atom stereocenters. The zero-order valence-corrected chi connectivity index (χ0v) is 11.5. The standard InChI is InChI=1S/C12H14BrN.CH5N/c1-2-10(4-3-9-14)11-5-7-12(13)8-6-11;1-2/h5-8,10H,2-4H2,1H3;2H2,1H3. The summed E-state index contributed by atoms with van der Waals surface area (Å²) in [4.78, 5) is 0. The smallest absolute Gasteiger partial charge is 0.0621 e. The van der Waals surface area contributed by atoms with Gasteiger partial charge < -0.3 is 5.73 Å². The van der Waals surface area contributed by atoms with E-state index in [4.69, 9.17) is 5.26 Å². The van der Waals surface area contributed by atoms with Crippen LogP contribution in [-0.2, 0) is 0 Å². The van der Waals surface area contributed by atoms with Gasteiger partial charge in [0, 0.05) is 10.9 Å². The Morgan fingerprint density at radius 1 is 1.31 bits per heavy atom. The maximum Gasteiger partial charge on any atom is 0.0621 e. The summed E-state index contributed by atoms with van der Waals surface area (Å²) in [6.45, 7) is 2.17. The molecule has 2 N–H and O–H groups in total. The van der Waals surface area contributed by atoms with Crippen LogP contribution in [0.4, 0.5) is 0 Å². The second kappa shape index (κ2) is 9.38. The quantitative estimate of drug-likeness (QED) is 0.913. The maximum atomic E-state index is 8.54. The van der Waals surface area contributed by atoms with Gasteiger partial charge in [-0.15, -0.1) is 0 Å². The van der Waals surface area contributed by atoms with Gasteiger partial charge in [-0.3, -0.25) is 0 Å². The summed E-state index contributed by atoms with van der Waals surface area (Å²) in [5.74, 6) is 0.530. The molecular formula is C13H19BrN2. The van der Waals surface area contributed by atoms with Gasteiger partial charge in [-0.1, -0.05) is 35.0 Å². The molecule has 1 aromatic carbocycles. The Balaban J connectivity index is 0.00000106. The number of hydrogen-bond donors (Lipinski definition) is 1. The third-order valence-electron chi connectivity index (χ3n) is 2.44. The molecule has 1 aromatic rings. The maximum absolute atomic E-state index is 8.54. The predicted octanol–water partition coefficient (Wildman–Crippen LogP) is 3.82. The molecule has 0 saturated carbocycles. The second-order valence-corrected chi connectivity index (χ2v) is 4.27. The van der Waals surface area contributed by atoms with Crippen LogP contribution in [0, 0.1) is 11.3 Å². The van der Waals surface area contributed by atoms with Crippen LogP contribution < -0.4 is 5.73 Å². The van der Waals surface area contributed by atoms with E-state index in [2.05, 4.69) is 58.9 Å². The largest absolute Gasteiger partial charge is 0.333 e. The highest BCUT2D eigenvalue weighted by molar-refractivity contribution is 9.10. The van der Waals surface area contributed by atoms with Crippen molar-refractivity contribution in [3.63, 3.8) is 0 Å². The molecule has 1 rings (SSSR count). The zero-order valence-electron chi connectivity index (χ0n) is 9.91. The Hall–Kier alpha value is -0.850. The van der Waals surface area contributed by atoms with Crippen molar-refractivity contribution >= 4 is 15.9 Å². The molecule has 88 valence electrons. The van der Waals surface area contributed by atoms with E-state index in [9.17, 15) is 0 Å². The van der Waals surface area contributed by atoms with Crippen molar-refractivity contribution in [2.45, 2.75) is 32.1 Å². The summed E-state index contributed by atoms with van der Waals surface area (Å²) in [5, 5.41) is 8.54. The average molecular weight is 283 g/mol. The summed E-state index contributed by atoms with van der Waals surface area (Å²) >= 11 is 3.42. The van der Waals surface area contributed by atoms with E-state index in [0.717, 1.165) is 17.3 Å². The van der Waals surface area contributed by atoms with Crippen LogP contribution >= 0.6 is 15.9 Å². The lowest BCUT2D eigenvalue weighted by atomic mass is 9.92. The summed E-state index contributed by atoms with van der Waals surface area (Å²) in [6, 6.07) is 10.6. The lowest BCUT2D eigenvalue weighted by Crippen LogP contribution is -1.96. The van der Waals surface area contributed by atoms with E-state index in [1.807, 2.05) is 0 Å². The molecule has 0 amide bonds. The van der Waals surface area contributed by atoms with Crippen LogP contribution in [0.15, 0.2) is 28.7 Å². The van der Waals surface area contributed by atoms with Gasteiger partial charge in [0.05, 0.1) is 6.07 Å². The Labute approximate surface area is 107 Å². The van der Waals surface area contributed by atoms with Gasteiger partial charge in [0.1, 0.15) is 0 Å². The van der Waals surface area contributed by atoms with Crippen molar-refractivity contribution in [2.75, 3.05) is 7.05 Å². The number of benzene rings is 1. The van der Waals surface area contributed by atoms with Crippen LogP contribution in [0.5, 0.6) is 0 Å². The van der Waals surface area contributed by atoms with Gasteiger partial charge in [-0.2, -0.15) is 5.26 Å². The van der Waals surface area contributed by atoms with Crippen molar-refractivity contribution in [3.05, 3.63) is 34.3 Å². The van der Waals surface area contributed by atoms with Gasteiger partial charge in [0.2, 0.25) is 0 Å². The number of nitrogens with zero attached hydrogens (tertiary/aromatic N) is 1. The molecule has 2 nitrogen and oxygen atoms in total. The number of nitrogens with two attached hydrogens (primary N) is 1. The molecule has 0 aromatic heterocycles. The molecule has 1 atom stereocenters. The van der Waals surface area contributed by atoms with E-state index in [-0.39, 0.29) is 0 Å². The monoisotopic (exact) mass is 282 g/mol. The molecule has 0 fully saturated rings. The van der Waals surface area contributed by atoms with Crippen molar-refractivity contribution in [3.8, 4) is 6.07 Å². The summed E-state index contributed by atoms with van der Waals surface area (Å²) < 4.78 is 1.11. The van der Waals surface area contributed by atoms with Crippen molar-refractivity contribution in [2.24, 2.45) is 5.73 Å². The second-order valence-electron chi connectivity index (χ2n) is 3.35. The first-order valence-electron chi connectivity index (χ1n) is 5.48. The zero-order chi connectivity index (χ0) is 12.4. The molecule has 0 saturated heterocycles. The molecule has 0 bridgehead atoms. The molecule has 0 radical (unpaired) electrons. The number of hydrogen-bond acceptors (Lipinski definition) is 2. The molecule has 3 heteroatoms. The van der Waals surface area contributed by atoms with E-state index in [0.29, 0.717) is 12.3 Å². The fourth-order valence-corrected chi connectivity index (χ4v) is 1.84. The molecule has 16 heavy (non-hydrogen) atoms. The molecule has 0 spiro atoms. The summed E-state index contributed by atoms with van der Waals surface area (Å²) in [7, 11) is 1.50. The van der Waals surface area contributed by atoms with Gasteiger partial charge in [-0.05, 0) is 43.5 Å². The topological polar surface area (TPSA) is 49.8 Å². The van der Waals surface area contributed by atoms with Gasteiger partial charge >= 0.3 is 0 Å². The van der Waals surface area contributed by atoms with Crippen LogP contribution in [0.3, 0.4) is 0 Å². The Morgan fingerprint density at radius 2 is 1.88 bits per heavy atom. The van der Waals surface area contributed by atoms with Crippen LogP contribution in [-0.4, -0.2) is 7.05 Å². The van der Waals surface area contributed by atoms with E-state index >= 15 is 0 Å². The van der Waals surface area contributed by atoms with E-state index in [1.165, 1.54) is 12.6 Å². The SMILES string of the molecule is CCC(CCC#N)c1ccc(Br)cc1.CN. The normalized spacial score (nSPS) is 10.9. The number of nitriles is 1. The summed E-state index contributed by atoms with van der Waals surface area (Å²) in [5.41, 5.74) is 5.84. The lowest BCUT2D eigenvalue weighted by Gasteiger charge is -2.13. The molecule has 0 aliphatic carbocycles. The van der Waals surface area contributed by atoms with Crippen LogP contribution in [0.1, 0.15) is 37.7 Å². The highest BCUT2D eigenvalue weighted by Crippen LogP contribution is 2.25. The van der Waals surface area contributed by atoms with E-state index in [1.54, 1.807) is 0 Å². The molecule has 0 heterocycles. The molecule has 0 aliphatic heterocycles. The first-order chi connectivity index (χ1) is 7.77. The number of halogens is 1. The fraction of sp³-hybridized carbons (Fsp3) is 0.462. The third-order valence-corrected chi connectivity index (χ3v) is 2.97. The Kier molecular flexibility index (Phi) is 8.88. The third kappa shape index (κ3) is 5.29. The lowest BCUT2D eigenvalue weighted by molar-refractivity contribution is 0.616. The first-order valence-corrected chi connectivity index (χ1v) is 6.27. The molecular weight excluding hydrogens is 264 g/mol. The highest BCUT2D eigenvalue weighted by Gasteiger charge is 2.08. The van der Waals surface area contributed by atoms with Gasteiger partial charge in [0.15, 0.2) is 0 Å². The number of rotatable bonds is 4. The van der Waals surface area contributed by atoms with Crippen LogP contribution in [0.25, 0.3) is 0 Å². The average Bonchev–Trinajstić information content (AvgIpc) is 2.35. The minimum absolute atomic E-state index is 0.530. The highest BCUT2D eigenvalue weighted by atomic mass is 79.9. The molecule has 0 aliphatic rings.